The van der Waals surface area contributed by atoms with E-state index in [0.717, 1.165) is 17.5 Å². The lowest BCUT2D eigenvalue weighted by Crippen LogP contribution is -2.40. The standard InChI is InChI=1S/C16H25ClN2/c1-2-3-16(18)14-8-10-19(11-9-14)12-13-4-6-15(17)7-5-13/h4-7,14,16H,2-3,8-12,18H2,1H3. The predicted molar refractivity (Wildman–Crippen MR) is 82.3 cm³/mol. The Morgan fingerprint density at radius 2 is 1.89 bits per heavy atom. The van der Waals surface area contributed by atoms with Gasteiger partial charge in [-0.15, -0.1) is 0 Å². The van der Waals surface area contributed by atoms with Gasteiger partial charge in [-0.2, -0.15) is 0 Å². The molecule has 1 atom stereocenters. The number of rotatable bonds is 5. The van der Waals surface area contributed by atoms with Gasteiger partial charge in [0.15, 0.2) is 0 Å². The Balaban J connectivity index is 1.78. The molecule has 0 aromatic heterocycles. The van der Waals surface area contributed by atoms with Gasteiger partial charge >= 0.3 is 0 Å². The van der Waals surface area contributed by atoms with Crippen molar-refractivity contribution in [3.63, 3.8) is 0 Å². The number of likely N-dealkylation sites (tertiary alicyclic amines) is 1. The lowest BCUT2D eigenvalue weighted by Gasteiger charge is -2.34. The Kier molecular flexibility index (Phi) is 5.68. The summed E-state index contributed by atoms with van der Waals surface area (Å²) >= 11 is 5.91. The van der Waals surface area contributed by atoms with Crippen LogP contribution >= 0.6 is 11.6 Å². The monoisotopic (exact) mass is 280 g/mol. The van der Waals surface area contributed by atoms with E-state index in [1.807, 2.05) is 12.1 Å². The van der Waals surface area contributed by atoms with Crippen LogP contribution in [0.3, 0.4) is 0 Å². The van der Waals surface area contributed by atoms with E-state index in [4.69, 9.17) is 17.3 Å². The van der Waals surface area contributed by atoms with Gasteiger partial charge in [-0.1, -0.05) is 37.1 Å². The number of nitrogens with zero attached hydrogens (tertiary/aromatic N) is 1. The molecule has 1 aliphatic heterocycles. The maximum absolute atomic E-state index is 6.24. The Hall–Kier alpha value is -0.570. The molecule has 2 rings (SSSR count). The van der Waals surface area contributed by atoms with Gasteiger partial charge in [-0.3, -0.25) is 4.90 Å². The van der Waals surface area contributed by atoms with Crippen molar-refractivity contribution < 1.29 is 0 Å². The van der Waals surface area contributed by atoms with Gasteiger partial charge in [-0.05, 0) is 56.0 Å². The molecule has 1 heterocycles. The van der Waals surface area contributed by atoms with E-state index in [2.05, 4.69) is 24.0 Å². The Bertz CT molecular complexity index is 369. The quantitative estimate of drug-likeness (QED) is 0.891. The first-order valence-corrected chi connectivity index (χ1v) is 7.79. The smallest absolute Gasteiger partial charge is 0.0406 e. The SMILES string of the molecule is CCCC(N)C1CCN(Cc2ccc(Cl)cc2)CC1. The molecule has 2 nitrogen and oxygen atoms in total. The van der Waals surface area contributed by atoms with E-state index in [-0.39, 0.29) is 0 Å². The molecule has 0 amide bonds. The number of benzene rings is 1. The first-order chi connectivity index (χ1) is 9.19. The van der Waals surface area contributed by atoms with Gasteiger partial charge in [0.2, 0.25) is 0 Å². The van der Waals surface area contributed by atoms with Crippen LogP contribution in [0, 0.1) is 5.92 Å². The van der Waals surface area contributed by atoms with Gasteiger partial charge in [0.25, 0.3) is 0 Å². The largest absolute Gasteiger partial charge is 0.327 e. The summed E-state index contributed by atoms with van der Waals surface area (Å²) in [6.07, 6.45) is 4.86. The van der Waals surface area contributed by atoms with Gasteiger partial charge in [0.1, 0.15) is 0 Å². The third-order valence-corrected chi connectivity index (χ3v) is 4.43. The lowest BCUT2D eigenvalue weighted by molar-refractivity contribution is 0.160. The first kappa shape index (κ1) is 14.8. The summed E-state index contributed by atoms with van der Waals surface area (Å²) in [5.41, 5.74) is 7.59. The van der Waals surface area contributed by atoms with Gasteiger partial charge < -0.3 is 5.73 Å². The van der Waals surface area contributed by atoms with Crippen LogP contribution in [0.4, 0.5) is 0 Å². The molecule has 1 saturated heterocycles. The minimum atomic E-state index is 0.405. The highest BCUT2D eigenvalue weighted by molar-refractivity contribution is 6.30. The summed E-state index contributed by atoms with van der Waals surface area (Å²) in [4.78, 5) is 2.53. The van der Waals surface area contributed by atoms with E-state index < -0.39 is 0 Å². The second-order valence-corrected chi connectivity index (χ2v) is 6.13. The van der Waals surface area contributed by atoms with Gasteiger partial charge in [0.05, 0.1) is 0 Å². The van der Waals surface area contributed by atoms with Crippen LogP contribution in [0.5, 0.6) is 0 Å². The maximum atomic E-state index is 6.24. The van der Waals surface area contributed by atoms with E-state index in [9.17, 15) is 0 Å². The zero-order valence-corrected chi connectivity index (χ0v) is 12.6. The zero-order valence-electron chi connectivity index (χ0n) is 11.8. The molecular weight excluding hydrogens is 256 g/mol. The van der Waals surface area contributed by atoms with E-state index in [1.165, 1.54) is 44.3 Å². The summed E-state index contributed by atoms with van der Waals surface area (Å²) in [5.74, 6) is 0.724. The van der Waals surface area contributed by atoms with Crippen LogP contribution in [-0.2, 0) is 6.54 Å². The van der Waals surface area contributed by atoms with Crippen molar-refractivity contribution >= 4 is 11.6 Å². The molecule has 0 saturated carbocycles. The van der Waals surface area contributed by atoms with Crippen LogP contribution in [0.25, 0.3) is 0 Å². The highest BCUT2D eigenvalue weighted by Crippen LogP contribution is 2.23. The van der Waals surface area contributed by atoms with Crippen molar-refractivity contribution in [3.05, 3.63) is 34.9 Å². The molecule has 2 N–H and O–H groups in total. The second-order valence-electron chi connectivity index (χ2n) is 5.69. The first-order valence-electron chi connectivity index (χ1n) is 7.41. The predicted octanol–water partition coefficient (Wildman–Crippen LogP) is 3.68. The molecule has 1 unspecified atom stereocenters. The molecule has 106 valence electrons. The Morgan fingerprint density at radius 3 is 2.47 bits per heavy atom. The summed E-state index contributed by atoms with van der Waals surface area (Å²) < 4.78 is 0. The number of halogens is 1. The Labute approximate surface area is 121 Å². The van der Waals surface area contributed by atoms with Crippen molar-refractivity contribution in [2.45, 2.75) is 45.2 Å². The van der Waals surface area contributed by atoms with Crippen molar-refractivity contribution in [2.75, 3.05) is 13.1 Å². The topological polar surface area (TPSA) is 29.3 Å². The lowest BCUT2D eigenvalue weighted by atomic mass is 9.87. The van der Waals surface area contributed by atoms with Crippen molar-refractivity contribution in [3.8, 4) is 0 Å². The van der Waals surface area contributed by atoms with Gasteiger partial charge in [-0.25, -0.2) is 0 Å². The van der Waals surface area contributed by atoms with E-state index in [0.29, 0.717) is 6.04 Å². The second kappa shape index (κ2) is 7.28. The fourth-order valence-electron chi connectivity index (χ4n) is 2.96. The molecule has 0 radical (unpaired) electrons. The molecule has 1 aliphatic rings. The third kappa shape index (κ3) is 4.48. The average Bonchev–Trinajstić information content (AvgIpc) is 2.42. The highest BCUT2D eigenvalue weighted by Gasteiger charge is 2.23. The number of nitrogens with two attached hydrogens (primary N) is 1. The molecule has 3 heteroatoms. The molecule has 1 aromatic carbocycles. The van der Waals surface area contributed by atoms with Crippen molar-refractivity contribution in [1.29, 1.82) is 0 Å². The Morgan fingerprint density at radius 1 is 1.26 bits per heavy atom. The molecule has 0 aliphatic carbocycles. The van der Waals surface area contributed by atoms with Crippen LogP contribution in [0.2, 0.25) is 5.02 Å². The minimum Gasteiger partial charge on any atom is -0.327 e. The number of piperidine rings is 1. The van der Waals surface area contributed by atoms with E-state index in [1.54, 1.807) is 0 Å². The number of hydrogen-bond donors (Lipinski definition) is 1. The third-order valence-electron chi connectivity index (χ3n) is 4.18. The van der Waals surface area contributed by atoms with Crippen molar-refractivity contribution in [1.82, 2.24) is 4.90 Å². The minimum absolute atomic E-state index is 0.405. The molecule has 1 fully saturated rings. The summed E-state index contributed by atoms with van der Waals surface area (Å²) in [6, 6.07) is 8.60. The molecular formula is C16H25ClN2. The van der Waals surface area contributed by atoms with Crippen LogP contribution in [0.15, 0.2) is 24.3 Å². The summed E-state index contributed by atoms with van der Waals surface area (Å²) in [7, 11) is 0. The molecule has 0 bridgehead atoms. The van der Waals surface area contributed by atoms with Crippen molar-refractivity contribution in [2.24, 2.45) is 11.7 Å². The fourth-order valence-corrected chi connectivity index (χ4v) is 3.08. The van der Waals surface area contributed by atoms with E-state index >= 15 is 0 Å². The van der Waals surface area contributed by atoms with Gasteiger partial charge in [0, 0.05) is 17.6 Å². The summed E-state index contributed by atoms with van der Waals surface area (Å²) in [5, 5.41) is 0.813. The molecule has 0 spiro atoms. The zero-order chi connectivity index (χ0) is 13.7. The number of hydrogen-bond acceptors (Lipinski definition) is 2. The molecule has 19 heavy (non-hydrogen) atoms. The fraction of sp³-hybridized carbons (Fsp3) is 0.625. The normalized spacial score (nSPS) is 19.5. The summed E-state index contributed by atoms with van der Waals surface area (Å²) in [6.45, 7) is 5.60. The molecule has 1 aromatic rings. The van der Waals surface area contributed by atoms with Crippen LogP contribution in [-0.4, -0.2) is 24.0 Å². The average molecular weight is 281 g/mol. The highest BCUT2D eigenvalue weighted by atomic mass is 35.5. The maximum Gasteiger partial charge on any atom is 0.0406 e. The van der Waals surface area contributed by atoms with Crippen LogP contribution in [0.1, 0.15) is 38.2 Å². The van der Waals surface area contributed by atoms with Crippen LogP contribution < -0.4 is 5.73 Å².